The van der Waals surface area contributed by atoms with Crippen molar-refractivity contribution in [3.8, 4) is 0 Å². The molecule has 1 atom stereocenters. The molecule has 0 rings (SSSR count). The molecule has 0 bridgehead atoms. The molecule has 0 aliphatic heterocycles. The zero-order valence-electron chi connectivity index (χ0n) is 14.4. The van der Waals surface area contributed by atoms with Crippen LogP contribution in [0.25, 0.3) is 0 Å². The maximum atomic E-state index is 5.31. The molecule has 21 heavy (non-hydrogen) atoms. The highest BCUT2D eigenvalue weighted by Crippen LogP contribution is 1.98. The molecule has 0 radical (unpaired) electrons. The number of hydrogen-bond donors (Lipinski definition) is 2. The first kappa shape index (κ1) is 23.2. The number of nitrogens with one attached hydrogen (secondary N) is 2. The Bertz CT molecular complexity index is 252. The first-order chi connectivity index (χ1) is 9.65. The molecule has 0 aromatic carbocycles. The van der Waals surface area contributed by atoms with Gasteiger partial charge in [-0.15, -0.1) is 24.0 Å². The fourth-order valence-electron chi connectivity index (χ4n) is 1.78. The normalized spacial score (nSPS) is 13.0. The van der Waals surface area contributed by atoms with Crippen LogP contribution in [-0.4, -0.2) is 63.8 Å². The van der Waals surface area contributed by atoms with Gasteiger partial charge in [-0.25, -0.2) is 0 Å². The monoisotopic (exact) mass is 414 g/mol. The van der Waals surface area contributed by atoms with Crippen molar-refractivity contribution in [1.29, 1.82) is 0 Å². The maximum Gasteiger partial charge on any atom is 0.191 e. The SMILES string of the molecule is CCOCCCCNC(=NC)NCCN(C)C(C)CC.I. The minimum absolute atomic E-state index is 0. The molecule has 0 aromatic heterocycles. The second-order valence-electron chi connectivity index (χ2n) is 5.07. The number of unbranched alkanes of at least 4 members (excludes halogenated alkanes) is 1. The van der Waals surface area contributed by atoms with Gasteiger partial charge in [-0.1, -0.05) is 6.92 Å². The summed E-state index contributed by atoms with van der Waals surface area (Å²) in [6.07, 6.45) is 3.38. The van der Waals surface area contributed by atoms with Gasteiger partial charge in [0.2, 0.25) is 0 Å². The van der Waals surface area contributed by atoms with Crippen LogP contribution in [0, 0.1) is 0 Å². The molecule has 0 aliphatic rings. The van der Waals surface area contributed by atoms with E-state index < -0.39 is 0 Å². The van der Waals surface area contributed by atoms with Crippen molar-refractivity contribution in [1.82, 2.24) is 15.5 Å². The Balaban J connectivity index is 0. The molecule has 0 saturated heterocycles. The van der Waals surface area contributed by atoms with Gasteiger partial charge in [0.15, 0.2) is 5.96 Å². The number of halogens is 1. The number of aliphatic imine (C=N–C) groups is 1. The van der Waals surface area contributed by atoms with Gasteiger partial charge in [0, 0.05) is 45.9 Å². The quantitative estimate of drug-likeness (QED) is 0.236. The molecule has 5 nitrogen and oxygen atoms in total. The van der Waals surface area contributed by atoms with Crippen molar-refractivity contribution >= 4 is 29.9 Å². The van der Waals surface area contributed by atoms with Crippen molar-refractivity contribution in [3.05, 3.63) is 0 Å². The topological polar surface area (TPSA) is 48.9 Å². The summed E-state index contributed by atoms with van der Waals surface area (Å²) in [5.41, 5.74) is 0. The van der Waals surface area contributed by atoms with Crippen LogP contribution in [-0.2, 0) is 4.74 Å². The molecule has 6 heteroatoms. The van der Waals surface area contributed by atoms with Crippen LogP contribution < -0.4 is 10.6 Å². The zero-order chi connectivity index (χ0) is 15.2. The lowest BCUT2D eigenvalue weighted by Gasteiger charge is -2.23. The van der Waals surface area contributed by atoms with Crippen molar-refractivity contribution in [3.63, 3.8) is 0 Å². The van der Waals surface area contributed by atoms with Gasteiger partial charge in [-0.3, -0.25) is 4.99 Å². The molecular formula is C15H35IN4O. The van der Waals surface area contributed by atoms with Gasteiger partial charge in [-0.05, 0) is 40.2 Å². The Labute approximate surface area is 148 Å². The van der Waals surface area contributed by atoms with Crippen molar-refractivity contribution < 1.29 is 4.74 Å². The first-order valence-corrected chi connectivity index (χ1v) is 7.88. The van der Waals surface area contributed by atoms with E-state index in [1.165, 1.54) is 6.42 Å². The second kappa shape index (κ2) is 16.3. The summed E-state index contributed by atoms with van der Waals surface area (Å²) in [5.74, 6) is 0.888. The summed E-state index contributed by atoms with van der Waals surface area (Å²) >= 11 is 0. The number of nitrogens with zero attached hydrogens (tertiary/aromatic N) is 2. The molecule has 128 valence electrons. The average molecular weight is 414 g/mol. The number of hydrogen-bond acceptors (Lipinski definition) is 3. The van der Waals surface area contributed by atoms with Crippen LogP contribution in [0.3, 0.4) is 0 Å². The Morgan fingerprint density at radius 1 is 1.19 bits per heavy atom. The molecule has 0 heterocycles. The third kappa shape index (κ3) is 13.3. The minimum atomic E-state index is 0. The predicted molar refractivity (Wildman–Crippen MR) is 103 cm³/mol. The van der Waals surface area contributed by atoms with Crippen molar-refractivity contribution in [2.45, 2.75) is 46.1 Å². The summed E-state index contributed by atoms with van der Waals surface area (Å²) < 4.78 is 5.31. The smallest absolute Gasteiger partial charge is 0.191 e. The molecule has 2 N–H and O–H groups in total. The Hall–Kier alpha value is -0.0800. The first-order valence-electron chi connectivity index (χ1n) is 7.88. The molecule has 1 unspecified atom stereocenters. The molecule has 0 amide bonds. The predicted octanol–water partition coefficient (Wildman–Crippen LogP) is 2.32. The molecule has 0 aromatic rings. The third-order valence-electron chi connectivity index (χ3n) is 3.54. The average Bonchev–Trinajstić information content (AvgIpc) is 2.47. The molecule has 0 saturated carbocycles. The van der Waals surface area contributed by atoms with Crippen LogP contribution in [0.4, 0.5) is 0 Å². The summed E-state index contributed by atoms with van der Waals surface area (Å²) in [6.45, 7) is 11.0. The zero-order valence-corrected chi connectivity index (χ0v) is 16.8. The van der Waals surface area contributed by atoms with E-state index in [2.05, 4.69) is 41.4 Å². The summed E-state index contributed by atoms with van der Waals surface area (Å²) in [6, 6.07) is 0.630. The van der Waals surface area contributed by atoms with Gasteiger partial charge in [-0.2, -0.15) is 0 Å². The lowest BCUT2D eigenvalue weighted by Crippen LogP contribution is -2.42. The lowest BCUT2D eigenvalue weighted by atomic mass is 10.2. The molecule has 0 fully saturated rings. The number of rotatable bonds is 11. The van der Waals surface area contributed by atoms with Gasteiger partial charge in [0.1, 0.15) is 0 Å². The van der Waals surface area contributed by atoms with Crippen LogP contribution in [0.1, 0.15) is 40.0 Å². The minimum Gasteiger partial charge on any atom is -0.382 e. The van der Waals surface area contributed by atoms with E-state index in [9.17, 15) is 0 Å². The van der Waals surface area contributed by atoms with Crippen LogP contribution >= 0.6 is 24.0 Å². The molecule has 0 spiro atoms. The second-order valence-corrected chi connectivity index (χ2v) is 5.07. The van der Waals surface area contributed by atoms with E-state index in [1.807, 2.05) is 14.0 Å². The van der Waals surface area contributed by atoms with E-state index in [-0.39, 0.29) is 24.0 Å². The van der Waals surface area contributed by atoms with Crippen LogP contribution in [0.2, 0.25) is 0 Å². The highest BCUT2D eigenvalue weighted by atomic mass is 127. The summed E-state index contributed by atoms with van der Waals surface area (Å²) in [7, 11) is 3.98. The summed E-state index contributed by atoms with van der Waals surface area (Å²) in [4.78, 5) is 6.59. The van der Waals surface area contributed by atoms with E-state index in [0.717, 1.165) is 51.6 Å². The highest BCUT2D eigenvalue weighted by molar-refractivity contribution is 14.0. The van der Waals surface area contributed by atoms with E-state index in [1.54, 1.807) is 0 Å². The van der Waals surface area contributed by atoms with Gasteiger partial charge < -0.3 is 20.3 Å². The highest BCUT2D eigenvalue weighted by Gasteiger charge is 2.05. The Morgan fingerprint density at radius 3 is 2.43 bits per heavy atom. The van der Waals surface area contributed by atoms with Crippen LogP contribution in [0.5, 0.6) is 0 Å². The molecule has 0 aliphatic carbocycles. The third-order valence-corrected chi connectivity index (χ3v) is 3.54. The largest absolute Gasteiger partial charge is 0.382 e. The van der Waals surface area contributed by atoms with Gasteiger partial charge in [0.25, 0.3) is 0 Å². The number of guanidine groups is 1. The van der Waals surface area contributed by atoms with E-state index in [0.29, 0.717) is 6.04 Å². The fourth-order valence-corrected chi connectivity index (χ4v) is 1.78. The number of ether oxygens (including phenoxy) is 1. The molecular weight excluding hydrogens is 379 g/mol. The Kier molecular flexibility index (Phi) is 18.0. The van der Waals surface area contributed by atoms with E-state index in [4.69, 9.17) is 4.74 Å². The standard InChI is InChI=1S/C15H34N4O.HI/c1-6-14(3)19(5)12-11-18-15(16-4)17-10-8-9-13-20-7-2;/h14H,6-13H2,1-5H3,(H2,16,17,18);1H. The summed E-state index contributed by atoms with van der Waals surface area (Å²) in [5, 5.41) is 6.68. The van der Waals surface area contributed by atoms with Crippen LogP contribution in [0.15, 0.2) is 4.99 Å². The van der Waals surface area contributed by atoms with Gasteiger partial charge in [0.05, 0.1) is 0 Å². The number of likely N-dealkylation sites (N-methyl/N-ethyl adjacent to an activating group) is 1. The Morgan fingerprint density at radius 2 is 1.86 bits per heavy atom. The van der Waals surface area contributed by atoms with Crippen molar-refractivity contribution in [2.24, 2.45) is 4.99 Å². The maximum absolute atomic E-state index is 5.31. The lowest BCUT2D eigenvalue weighted by molar-refractivity contribution is 0.143. The van der Waals surface area contributed by atoms with Crippen molar-refractivity contribution in [2.75, 3.05) is 46.9 Å². The van der Waals surface area contributed by atoms with Gasteiger partial charge >= 0.3 is 0 Å². The van der Waals surface area contributed by atoms with E-state index >= 15 is 0 Å². The fraction of sp³-hybridized carbons (Fsp3) is 0.933.